The van der Waals surface area contributed by atoms with Crippen LogP contribution in [-0.2, 0) is 0 Å². The van der Waals surface area contributed by atoms with Gasteiger partial charge in [-0.25, -0.2) is 4.98 Å². The summed E-state index contributed by atoms with van der Waals surface area (Å²) in [5.74, 6) is 1.09. The molecule has 2 aromatic heterocycles. The monoisotopic (exact) mass is 313 g/mol. The Labute approximate surface area is 123 Å². The first-order valence-electron chi connectivity index (χ1n) is 5.74. The molecule has 106 valence electrons. The average Bonchev–Trinajstić information content (AvgIpc) is 2.83. The number of nitrogens with zero attached hydrogens (tertiary/aromatic N) is 2. The van der Waals surface area contributed by atoms with Gasteiger partial charge in [-0.1, -0.05) is 23.4 Å². The van der Waals surface area contributed by atoms with Crippen LogP contribution in [0.5, 0.6) is 0 Å². The standard InChI is InChI=1S/C11H12ClN5O2S/c1-6-15-11(17-16-6)20-3-2-13-9(18)7-4-8(12)10(19)14-5-7/h4-5H,2-3H2,1H3,(H,13,18)(H,14,19)(H,15,16,17). The number of hydrogen-bond donors (Lipinski definition) is 3. The van der Waals surface area contributed by atoms with Crippen LogP contribution in [0.2, 0.25) is 5.02 Å². The van der Waals surface area contributed by atoms with E-state index in [9.17, 15) is 9.59 Å². The molecule has 0 aliphatic rings. The van der Waals surface area contributed by atoms with Crippen molar-refractivity contribution in [2.24, 2.45) is 0 Å². The summed E-state index contributed by atoms with van der Waals surface area (Å²) in [5, 5.41) is 10.1. The number of halogens is 1. The Morgan fingerprint density at radius 3 is 3.00 bits per heavy atom. The lowest BCUT2D eigenvalue weighted by Gasteiger charge is -2.04. The molecular formula is C11H12ClN5O2S. The van der Waals surface area contributed by atoms with Gasteiger partial charge in [-0.15, -0.1) is 5.10 Å². The predicted molar refractivity (Wildman–Crippen MR) is 76.2 cm³/mol. The molecule has 0 aromatic carbocycles. The van der Waals surface area contributed by atoms with Gasteiger partial charge in [-0.3, -0.25) is 14.7 Å². The maximum absolute atomic E-state index is 11.8. The molecule has 0 atom stereocenters. The molecule has 0 aliphatic carbocycles. The molecule has 0 saturated carbocycles. The zero-order valence-corrected chi connectivity index (χ0v) is 12.1. The van der Waals surface area contributed by atoms with Crippen molar-refractivity contribution >= 4 is 29.3 Å². The van der Waals surface area contributed by atoms with Gasteiger partial charge in [0, 0.05) is 18.5 Å². The Hall–Kier alpha value is -1.80. The summed E-state index contributed by atoms with van der Waals surface area (Å²) >= 11 is 7.09. The highest BCUT2D eigenvalue weighted by atomic mass is 35.5. The normalized spacial score (nSPS) is 10.5. The predicted octanol–water partition coefficient (Wildman–Crippen LogP) is 0.977. The van der Waals surface area contributed by atoms with Crippen molar-refractivity contribution in [3.8, 4) is 0 Å². The molecule has 3 N–H and O–H groups in total. The molecule has 1 amide bonds. The van der Waals surface area contributed by atoms with Crippen LogP contribution in [0.15, 0.2) is 22.2 Å². The summed E-state index contributed by atoms with van der Waals surface area (Å²) in [4.78, 5) is 29.4. The van der Waals surface area contributed by atoms with E-state index in [1.54, 1.807) is 0 Å². The first-order valence-corrected chi connectivity index (χ1v) is 7.11. The Bertz CT molecular complexity index is 669. The number of hydrogen-bond acceptors (Lipinski definition) is 5. The zero-order chi connectivity index (χ0) is 14.5. The Balaban J connectivity index is 1.80. The van der Waals surface area contributed by atoms with Gasteiger partial charge in [0.15, 0.2) is 0 Å². The first-order chi connectivity index (χ1) is 9.56. The molecule has 20 heavy (non-hydrogen) atoms. The number of thioether (sulfide) groups is 1. The van der Waals surface area contributed by atoms with Crippen molar-refractivity contribution in [2.75, 3.05) is 12.3 Å². The van der Waals surface area contributed by atoms with Crippen LogP contribution in [0.3, 0.4) is 0 Å². The van der Waals surface area contributed by atoms with Crippen LogP contribution >= 0.6 is 23.4 Å². The fourth-order valence-electron chi connectivity index (χ4n) is 1.38. The van der Waals surface area contributed by atoms with E-state index in [4.69, 9.17) is 11.6 Å². The Kier molecular flexibility index (Phi) is 4.80. The Morgan fingerprint density at radius 2 is 2.35 bits per heavy atom. The molecule has 0 saturated heterocycles. The molecular weight excluding hydrogens is 302 g/mol. The number of pyridine rings is 1. The molecule has 0 fully saturated rings. The molecule has 2 aromatic rings. The zero-order valence-electron chi connectivity index (χ0n) is 10.6. The fourth-order valence-corrected chi connectivity index (χ4v) is 2.25. The number of aryl methyl sites for hydroxylation is 1. The number of amides is 1. The molecule has 0 radical (unpaired) electrons. The van der Waals surface area contributed by atoms with E-state index in [0.29, 0.717) is 23.0 Å². The van der Waals surface area contributed by atoms with Crippen LogP contribution in [0.4, 0.5) is 0 Å². The largest absolute Gasteiger partial charge is 0.351 e. The minimum Gasteiger partial charge on any atom is -0.351 e. The number of nitrogens with one attached hydrogen (secondary N) is 3. The van der Waals surface area contributed by atoms with Gasteiger partial charge in [0.1, 0.15) is 10.8 Å². The third-order valence-electron chi connectivity index (χ3n) is 2.32. The van der Waals surface area contributed by atoms with E-state index in [2.05, 4.69) is 25.5 Å². The molecule has 2 heterocycles. The smallest absolute Gasteiger partial charge is 0.266 e. The second-order valence-corrected chi connectivity index (χ2v) is 5.34. The van der Waals surface area contributed by atoms with Gasteiger partial charge < -0.3 is 10.3 Å². The number of aromatic amines is 2. The summed E-state index contributed by atoms with van der Waals surface area (Å²) in [6.07, 6.45) is 1.33. The van der Waals surface area contributed by atoms with E-state index >= 15 is 0 Å². The first kappa shape index (κ1) is 14.6. The number of carbonyl (C=O) groups is 1. The van der Waals surface area contributed by atoms with Gasteiger partial charge in [0.2, 0.25) is 5.16 Å². The molecule has 2 rings (SSSR count). The van der Waals surface area contributed by atoms with Gasteiger partial charge in [0.05, 0.1) is 5.56 Å². The summed E-state index contributed by atoms with van der Waals surface area (Å²) in [6.45, 7) is 2.27. The van der Waals surface area contributed by atoms with Crippen molar-refractivity contribution in [1.82, 2.24) is 25.5 Å². The number of rotatable bonds is 5. The van der Waals surface area contributed by atoms with Crippen LogP contribution in [0.1, 0.15) is 16.2 Å². The highest BCUT2D eigenvalue weighted by Crippen LogP contribution is 2.10. The molecule has 0 unspecified atom stereocenters. The second-order valence-electron chi connectivity index (χ2n) is 3.87. The number of H-pyrrole nitrogens is 2. The van der Waals surface area contributed by atoms with Crippen LogP contribution in [-0.4, -0.2) is 38.4 Å². The highest BCUT2D eigenvalue weighted by molar-refractivity contribution is 7.99. The minimum atomic E-state index is -0.418. The lowest BCUT2D eigenvalue weighted by molar-refractivity contribution is 0.0956. The van der Waals surface area contributed by atoms with Gasteiger partial charge >= 0.3 is 0 Å². The third-order valence-corrected chi connectivity index (χ3v) is 3.45. The van der Waals surface area contributed by atoms with Crippen molar-refractivity contribution < 1.29 is 4.79 Å². The average molecular weight is 314 g/mol. The van der Waals surface area contributed by atoms with E-state index in [0.717, 1.165) is 5.82 Å². The van der Waals surface area contributed by atoms with Crippen molar-refractivity contribution in [2.45, 2.75) is 12.1 Å². The SMILES string of the molecule is Cc1nc(SCCNC(=O)c2c[nH]c(=O)c(Cl)c2)n[nH]1. The minimum absolute atomic E-state index is 0.0109. The quantitative estimate of drug-likeness (QED) is 0.564. The topological polar surface area (TPSA) is 104 Å². The number of aromatic nitrogens is 4. The molecule has 0 spiro atoms. The van der Waals surface area contributed by atoms with Crippen molar-refractivity contribution in [3.05, 3.63) is 39.0 Å². The molecule has 0 bridgehead atoms. The summed E-state index contributed by atoms with van der Waals surface area (Å²) in [6, 6.07) is 1.33. The van der Waals surface area contributed by atoms with E-state index in [1.807, 2.05) is 6.92 Å². The summed E-state index contributed by atoms with van der Waals surface area (Å²) in [7, 11) is 0. The summed E-state index contributed by atoms with van der Waals surface area (Å²) < 4.78 is 0. The van der Waals surface area contributed by atoms with E-state index in [1.165, 1.54) is 24.0 Å². The summed E-state index contributed by atoms with van der Waals surface area (Å²) in [5.41, 5.74) is -0.105. The molecule has 0 aliphatic heterocycles. The molecule has 7 nitrogen and oxygen atoms in total. The maximum atomic E-state index is 11.8. The van der Waals surface area contributed by atoms with E-state index < -0.39 is 5.56 Å². The van der Waals surface area contributed by atoms with Crippen molar-refractivity contribution in [3.63, 3.8) is 0 Å². The lowest BCUT2D eigenvalue weighted by atomic mass is 10.3. The molecule has 9 heteroatoms. The third kappa shape index (κ3) is 3.84. The van der Waals surface area contributed by atoms with Gasteiger partial charge in [0.25, 0.3) is 11.5 Å². The Morgan fingerprint density at radius 1 is 1.55 bits per heavy atom. The lowest BCUT2D eigenvalue weighted by Crippen LogP contribution is -2.26. The van der Waals surface area contributed by atoms with Crippen LogP contribution in [0, 0.1) is 6.92 Å². The maximum Gasteiger partial charge on any atom is 0.266 e. The fraction of sp³-hybridized carbons (Fsp3) is 0.273. The van der Waals surface area contributed by atoms with Gasteiger partial charge in [-0.2, -0.15) is 0 Å². The van der Waals surface area contributed by atoms with Crippen LogP contribution < -0.4 is 10.9 Å². The number of carbonyl (C=O) groups excluding carboxylic acids is 1. The van der Waals surface area contributed by atoms with Gasteiger partial charge in [-0.05, 0) is 13.0 Å². The van der Waals surface area contributed by atoms with E-state index in [-0.39, 0.29) is 10.9 Å². The second kappa shape index (κ2) is 6.58. The van der Waals surface area contributed by atoms with Crippen molar-refractivity contribution in [1.29, 1.82) is 0 Å². The highest BCUT2D eigenvalue weighted by Gasteiger charge is 2.07. The van der Waals surface area contributed by atoms with Crippen LogP contribution in [0.25, 0.3) is 0 Å².